The topological polar surface area (TPSA) is 60.6 Å². The number of hydrogen-bond donors (Lipinski definition) is 1. The van der Waals surface area contributed by atoms with Gasteiger partial charge in [0.25, 0.3) is 0 Å². The fourth-order valence-corrected chi connectivity index (χ4v) is 3.63. The maximum Gasteiger partial charge on any atom is 0.435 e. The minimum absolute atomic E-state index is 0.183. The predicted molar refractivity (Wildman–Crippen MR) is 106 cm³/mol. The molecule has 1 N–H and O–H groups in total. The summed E-state index contributed by atoms with van der Waals surface area (Å²) in [6, 6.07) is 5.65. The van der Waals surface area contributed by atoms with Gasteiger partial charge in [-0.05, 0) is 26.0 Å². The van der Waals surface area contributed by atoms with E-state index < -0.39 is 17.7 Å². The second kappa shape index (κ2) is 7.56. The minimum atomic E-state index is -4.53. The highest BCUT2D eigenvalue weighted by molar-refractivity contribution is 7.14. The highest BCUT2D eigenvalue weighted by Gasteiger charge is 2.35. The molecule has 0 radical (unpaired) electrons. The number of anilines is 2. The quantitative estimate of drug-likeness (QED) is 0.424. The molecule has 0 atom stereocenters. The molecule has 1 aromatic carbocycles. The maximum atomic E-state index is 14.6. The SMILES string of the molecule is CCn1nc(C(F)(F)F)cc1Nc1nc(-c2ccc(-n3cnc(C)c3)c(F)c2)cs1. The second-order valence-electron chi connectivity index (χ2n) is 6.48. The van der Waals surface area contributed by atoms with Crippen LogP contribution >= 0.6 is 11.3 Å². The average Bonchev–Trinajstić information content (AvgIpc) is 3.41. The molecule has 4 rings (SSSR count). The zero-order chi connectivity index (χ0) is 21.5. The van der Waals surface area contributed by atoms with Gasteiger partial charge in [0.15, 0.2) is 10.8 Å². The lowest BCUT2D eigenvalue weighted by Gasteiger charge is -2.06. The van der Waals surface area contributed by atoms with Gasteiger partial charge >= 0.3 is 6.18 Å². The van der Waals surface area contributed by atoms with E-state index in [0.29, 0.717) is 22.1 Å². The molecule has 0 spiro atoms. The molecular weight excluding hydrogens is 420 g/mol. The number of alkyl halides is 3. The van der Waals surface area contributed by atoms with Gasteiger partial charge in [0.1, 0.15) is 11.6 Å². The molecule has 6 nitrogen and oxygen atoms in total. The van der Waals surface area contributed by atoms with Crippen LogP contribution in [0.15, 0.2) is 42.2 Å². The van der Waals surface area contributed by atoms with E-state index in [1.165, 1.54) is 28.4 Å². The monoisotopic (exact) mass is 436 g/mol. The van der Waals surface area contributed by atoms with Crippen molar-refractivity contribution in [1.29, 1.82) is 0 Å². The third-order valence-electron chi connectivity index (χ3n) is 4.34. The normalized spacial score (nSPS) is 11.8. The Morgan fingerprint density at radius 2 is 2.00 bits per heavy atom. The molecule has 0 unspecified atom stereocenters. The molecule has 3 aromatic heterocycles. The summed E-state index contributed by atoms with van der Waals surface area (Å²) in [5.41, 5.74) is 1.22. The van der Waals surface area contributed by atoms with E-state index in [4.69, 9.17) is 0 Å². The van der Waals surface area contributed by atoms with Crippen molar-refractivity contribution in [3.8, 4) is 16.9 Å². The molecule has 11 heteroatoms. The fraction of sp³-hybridized carbons (Fsp3) is 0.211. The molecular formula is C19H16F4N6S. The summed E-state index contributed by atoms with van der Waals surface area (Å²) in [6.07, 6.45) is -1.28. The zero-order valence-corrected chi connectivity index (χ0v) is 16.7. The standard InChI is InChI=1S/C19H16F4N6S/c1-3-29-17(7-16(27-29)19(21,22)23)26-18-25-14(9-30-18)12-4-5-15(13(20)6-12)28-8-11(2)24-10-28/h4-10H,3H2,1-2H3,(H,25,26). The number of nitrogens with zero attached hydrogens (tertiary/aromatic N) is 5. The lowest BCUT2D eigenvalue weighted by atomic mass is 10.1. The summed E-state index contributed by atoms with van der Waals surface area (Å²) < 4.78 is 56.1. The summed E-state index contributed by atoms with van der Waals surface area (Å²) >= 11 is 1.20. The van der Waals surface area contributed by atoms with Crippen LogP contribution in [0, 0.1) is 12.7 Å². The molecule has 0 aliphatic rings. The molecule has 4 aromatic rings. The zero-order valence-electron chi connectivity index (χ0n) is 15.9. The number of rotatable bonds is 5. The van der Waals surface area contributed by atoms with Gasteiger partial charge in [0.05, 0.1) is 23.4 Å². The molecule has 0 fully saturated rings. The predicted octanol–water partition coefficient (Wildman–Crippen LogP) is 5.42. The third kappa shape index (κ3) is 3.92. The number of nitrogens with one attached hydrogen (secondary N) is 1. The number of hydrogen-bond acceptors (Lipinski definition) is 5. The molecule has 0 amide bonds. The number of thiazole rings is 1. The van der Waals surface area contributed by atoms with Gasteiger partial charge in [-0.25, -0.2) is 19.0 Å². The van der Waals surface area contributed by atoms with Crippen molar-refractivity contribution in [2.45, 2.75) is 26.6 Å². The smallest absolute Gasteiger partial charge is 0.316 e. The Kier molecular flexibility index (Phi) is 5.06. The Morgan fingerprint density at radius 3 is 2.63 bits per heavy atom. The second-order valence-corrected chi connectivity index (χ2v) is 7.34. The van der Waals surface area contributed by atoms with Gasteiger partial charge in [0.2, 0.25) is 0 Å². The summed E-state index contributed by atoms with van der Waals surface area (Å²) in [7, 11) is 0. The van der Waals surface area contributed by atoms with Crippen LogP contribution in [0.25, 0.3) is 16.9 Å². The van der Waals surface area contributed by atoms with E-state index in [1.54, 1.807) is 35.2 Å². The largest absolute Gasteiger partial charge is 0.435 e. The van der Waals surface area contributed by atoms with Gasteiger partial charge in [-0.3, -0.25) is 0 Å². The van der Waals surface area contributed by atoms with E-state index in [0.717, 1.165) is 11.8 Å². The highest BCUT2D eigenvalue weighted by Crippen LogP contribution is 2.33. The van der Waals surface area contributed by atoms with Crippen LogP contribution in [-0.2, 0) is 12.7 Å². The van der Waals surface area contributed by atoms with Gasteiger partial charge in [0, 0.05) is 29.8 Å². The Morgan fingerprint density at radius 1 is 1.20 bits per heavy atom. The molecule has 156 valence electrons. The van der Waals surface area contributed by atoms with Crippen LogP contribution in [0.1, 0.15) is 18.3 Å². The fourth-order valence-electron chi connectivity index (χ4n) is 2.90. The first-order valence-corrected chi connectivity index (χ1v) is 9.81. The van der Waals surface area contributed by atoms with Crippen LogP contribution in [0.2, 0.25) is 0 Å². The Labute approximate surface area is 172 Å². The maximum absolute atomic E-state index is 14.6. The Bertz CT molecular complexity index is 1190. The first-order chi connectivity index (χ1) is 14.2. The van der Waals surface area contributed by atoms with Crippen molar-refractivity contribution < 1.29 is 17.6 Å². The minimum Gasteiger partial charge on any atom is -0.316 e. The van der Waals surface area contributed by atoms with E-state index >= 15 is 0 Å². The summed E-state index contributed by atoms with van der Waals surface area (Å²) in [6.45, 7) is 3.77. The van der Waals surface area contributed by atoms with Crippen molar-refractivity contribution in [2.24, 2.45) is 0 Å². The molecule has 0 bridgehead atoms. The summed E-state index contributed by atoms with van der Waals surface area (Å²) in [5.74, 6) is -0.256. The van der Waals surface area contributed by atoms with Crippen LogP contribution in [0.5, 0.6) is 0 Å². The first kappa shape index (κ1) is 20.1. The molecule has 30 heavy (non-hydrogen) atoms. The first-order valence-electron chi connectivity index (χ1n) is 8.93. The molecule has 0 aliphatic heterocycles. The Balaban J connectivity index is 1.58. The van der Waals surface area contributed by atoms with Gasteiger partial charge in [-0.15, -0.1) is 11.3 Å². The van der Waals surface area contributed by atoms with Crippen LogP contribution in [0.4, 0.5) is 28.5 Å². The van der Waals surface area contributed by atoms with Crippen LogP contribution in [-0.4, -0.2) is 24.3 Å². The number of aryl methyl sites for hydroxylation is 2. The number of halogens is 4. The number of imidazole rings is 1. The summed E-state index contributed by atoms with van der Waals surface area (Å²) in [4.78, 5) is 8.46. The van der Waals surface area contributed by atoms with Crippen molar-refractivity contribution in [3.05, 3.63) is 59.4 Å². The molecule has 0 aliphatic carbocycles. The van der Waals surface area contributed by atoms with Crippen LogP contribution < -0.4 is 5.32 Å². The van der Waals surface area contributed by atoms with E-state index in [9.17, 15) is 17.6 Å². The molecule has 3 heterocycles. The summed E-state index contributed by atoms with van der Waals surface area (Å²) in [5, 5.41) is 8.51. The lowest BCUT2D eigenvalue weighted by Crippen LogP contribution is -2.07. The highest BCUT2D eigenvalue weighted by atomic mass is 32.1. The van der Waals surface area contributed by atoms with E-state index in [2.05, 4.69) is 20.4 Å². The van der Waals surface area contributed by atoms with Gasteiger partial charge < -0.3 is 9.88 Å². The lowest BCUT2D eigenvalue weighted by molar-refractivity contribution is -0.141. The number of benzene rings is 1. The van der Waals surface area contributed by atoms with Gasteiger partial charge in [-0.1, -0.05) is 6.07 Å². The Hall–Kier alpha value is -3.21. The third-order valence-corrected chi connectivity index (χ3v) is 5.10. The van der Waals surface area contributed by atoms with Crippen LogP contribution in [0.3, 0.4) is 0 Å². The van der Waals surface area contributed by atoms with Gasteiger partial charge in [-0.2, -0.15) is 18.3 Å². The van der Waals surface area contributed by atoms with Crippen molar-refractivity contribution in [2.75, 3.05) is 5.32 Å². The average molecular weight is 436 g/mol. The van der Waals surface area contributed by atoms with E-state index in [-0.39, 0.29) is 12.4 Å². The molecule has 0 saturated heterocycles. The van der Waals surface area contributed by atoms with E-state index in [1.807, 2.05) is 6.92 Å². The molecule has 0 saturated carbocycles. The number of aromatic nitrogens is 5. The van der Waals surface area contributed by atoms with Crippen molar-refractivity contribution in [1.82, 2.24) is 24.3 Å². The van der Waals surface area contributed by atoms with Crippen molar-refractivity contribution >= 4 is 22.3 Å². The van der Waals surface area contributed by atoms with Crippen molar-refractivity contribution in [3.63, 3.8) is 0 Å².